The van der Waals surface area contributed by atoms with Gasteiger partial charge in [0.2, 0.25) is 0 Å². The van der Waals surface area contributed by atoms with Gasteiger partial charge in [0.15, 0.2) is 5.01 Å². The van der Waals surface area contributed by atoms with Crippen molar-refractivity contribution in [3.8, 4) is 23.5 Å². The van der Waals surface area contributed by atoms with E-state index in [0.29, 0.717) is 22.1 Å². The second kappa shape index (κ2) is 9.57. The molecule has 6 nitrogen and oxygen atoms in total. The van der Waals surface area contributed by atoms with Crippen molar-refractivity contribution in [1.82, 2.24) is 10.3 Å². The van der Waals surface area contributed by atoms with E-state index in [1.165, 1.54) is 11.3 Å². The Labute approximate surface area is 194 Å². The van der Waals surface area contributed by atoms with Crippen molar-refractivity contribution >= 4 is 28.9 Å². The molecule has 1 aromatic heterocycles. The Bertz CT molecular complexity index is 1180. The van der Waals surface area contributed by atoms with Crippen molar-refractivity contribution in [1.29, 1.82) is 0 Å². The second-order valence-corrected chi connectivity index (χ2v) is 8.54. The highest BCUT2D eigenvalue weighted by atomic mass is 32.1. The Hall–Kier alpha value is -3.48. The molecule has 0 aliphatic carbocycles. The predicted molar refractivity (Wildman–Crippen MR) is 126 cm³/mol. The molecule has 9 heteroatoms. The van der Waals surface area contributed by atoms with Crippen LogP contribution < -0.4 is 15.5 Å². The van der Waals surface area contributed by atoms with Crippen molar-refractivity contribution in [3.63, 3.8) is 0 Å². The number of carbonyl (C=O) groups is 1. The van der Waals surface area contributed by atoms with Gasteiger partial charge in [0.25, 0.3) is 5.92 Å². The van der Waals surface area contributed by atoms with Gasteiger partial charge in [-0.15, -0.1) is 17.8 Å². The van der Waals surface area contributed by atoms with E-state index >= 15 is 0 Å². The van der Waals surface area contributed by atoms with Gasteiger partial charge in [0.1, 0.15) is 5.82 Å². The number of rotatable bonds is 6. The average Bonchev–Trinajstić information content (AvgIpc) is 3.43. The van der Waals surface area contributed by atoms with Gasteiger partial charge in [-0.05, 0) is 23.1 Å². The molecule has 4 rings (SSSR count). The number of hydrogen-bond donors (Lipinski definition) is 3. The topological polar surface area (TPSA) is 77.5 Å². The van der Waals surface area contributed by atoms with E-state index in [9.17, 15) is 18.7 Å². The van der Waals surface area contributed by atoms with Crippen LogP contribution in [0.2, 0.25) is 0 Å². The van der Waals surface area contributed by atoms with Crippen LogP contribution in [0.4, 0.5) is 25.1 Å². The minimum Gasteiger partial charge on any atom is -0.394 e. The first-order chi connectivity index (χ1) is 15.9. The number of amides is 2. The molecule has 1 aliphatic heterocycles. The van der Waals surface area contributed by atoms with E-state index in [4.69, 9.17) is 6.42 Å². The lowest BCUT2D eigenvalue weighted by atomic mass is 9.98. The highest BCUT2D eigenvalue weighted by molar-refractivity contribution is 7.10. The first-order valence-corrected chi connectivity index (χ1v) is 11.2. The van der Waals surface area contributed by atoms with Gasteiger partial charge in [-0.3, -0.25) is 5.32 Å². The SMILES string of the molecule is C#Cc1nc(NC(=O)N[C@@H](CO)c2ccc(-c3ccccc3)cc2N2CCC(F)(F)C2)cs1. The van der Waals surface area contributed by atoms with Crippen molar-refractivity contribution in [3.05, 3.63) is 64.5 Å². The van der Waals surface area contributed by atoms with Gasteiger partial charge < -0.3 is 15.3 Å². The molecular weight excluding hydrogens is 446 g/mol. The number of urea groups is 1. The number of thiazole rings is 1. The van der Waals surface area contributed by atoms with Crippen LogP contribution in [-0.2, 0) is 0 Å². The monoisotopic (exact) mass is 468 g/mol. The van der Waals surface area contributed by atoms with Gasteiger partial charge in [-0.2, -0.15) is 0 Å². The van der Waals surface area contributed by atoms with Crippen LogP contribution in [-0.4, -0.2) is 41.7 Å². The van der Waals surface area contributed by atoms with Gasteiger partial charge in [-0.25, -0.2) is 18.6 Å². The maximum atomic E-state index is 14.0. The fraction of sp³-hybridized carbons (Fsp3) is 0.250. The van der Waals surface area contributed by atoms with E-state index in [-0.39, 0.29) is 13.0 Å². The van der Waals surface area contributed by atoms with Gasteiger partial charge in [0.05, 0.1) is 19.2 Å². The molecule has 1 aliphatic rings. The number of aliphatic hydroxyl groups is 1. The minimum atomic E-state index is -2.79. The molecule has 2 amide bonds. The zero-order valence-corrected chi connectivity index (χ0v) is 18.4. The number of terminal acetylenes is 1. The van der Waals surface area contributed by atoms with E-state index in [1.54, 1.807) is 16.3 Å². The summed E-state index contributed by atoms with van der Waals surface area (Å²) in [5.74, 6) is -0.109. The summed E-state index contributed by atoms with van der Waals surface area (Å²) in [6.07, 6.45) is 5.05. The average molecular weight is 469 g/mol. The minimum absolute atomic E-state index is 0.177. The number of anilines is 2. The summed E-state index contributed by atoms with van der Waals surface area (Å²) in [6, 6.07) is 13.6. The second-order valence-electron chi connectivity index (χ2n) is 7.68. The van der Waals surface area contributed by atoms with Crippen LogP contribution in [0.15, 0.2) is 53.9 Å². The Morgan fingerprint density at radius 1 is 1.27 bits per heavy atom. The molecule has 0 saturated carbocycles. The number of benzene rings is 2. The molecule has 1 atom stereocenters. The number of nitrogens with one attached hydrogen (secondary N) is 2. The van der Waals surface area contributed by atoms with Crippen LogP contribution >= 0.6 is 11.3 Å². The third kappa shape index (κ3) is 5.30. The summed E-state index contributed by atoms with van der Waals surface area (Å²) in [4.78, 5) is 18.2. The molecule has 2 aromatic carbocycles. The molecular formula is C24H22F2N4O2S. The summed E-state index contributed by atoms with van der Waals surface area (Å²) >= 11 is 1.21. The molecule has 3 N–H and O–H groups in total. The molecule has 33 heavy (non-hydrogen) atoms. The number of aromatic nitrogens is 1. The van der Waals surface area contributed by atoms with Crippen molar-refractivity contribution in [2.75, 3.05) is 29.9 Å². The zero-order chi connectivity index (χ0) is 23.4. The zero-order valence-electron chi connectivity index (χ0n) is 17.6. The highest BCUT2D eigenvalue weighted by Gasteiger charge is 2.39. The van der Waals surface area contributed by atoms with E-state index in [1.807, 2.05) is 42.5 Å². The normalized spacial score (nSPS) is 15.6. The number of halogens is 2. The van der Waals surface area contributed by atoms with Gasteiger partial charge >= 0.3 is 6.03 Å². The molecule has 0 radical (unpaired) electrons. The lowest BCUT2D eigenvalue weighted by Gasteiger charge is -2.27. The maximum Gasteiger partial charge on any atom is 0.320 e. The third-order valence-corrected chi connectivity index (χ3v) is 6.15. The Morgan fingerprint density at radius 2 is 2.06 bits per heavy atom. The van der Waals surface area contributed by atoms with Gasteiger partial charge in [-0.1, -0.05) is 42.5 Å². The number of carbonyl (C=O) groups excluding carboxylic acids is 1. The quantitative estimate of drug-likeness (QED) is 0.466. The Morgan fingerprint density at radius 3 is 2.70 bits per heavy atom. The van der Waals surface area contributed by atoms with Crippen LogP contribution in [0.3, 0.4) is 0 Å². The molecule has 0 bridgehead atoms. The van der Waals surface area contributed by atoms with Crippen molar-refractivity contribution in [2.45, 2.75) is 18.4 Å². The van der Waals surface area contributed by atoms with Crippen LogP contribution in [0.1, 0.15) is 23.0 Å². The van der Waals surface area contributed by atoms with Crippen LogP contribution in [0.25, 0.3) is 11.1 Å². The largest absolute Gasteiger partial charge is 0.394 e. The van der Waals surface area contributed by atoms with Crippen molar-refractivity contribution < 1.29 is 18.7 Å². The first kappa shape index (κ1) is 22.7. The predicted octanol–water partition coefficient (Wildman–Crippen LogP) is 4.49. The molecule has 1 fully saturated rings. The fourth-order valence-corrected chi connectivity index (χ4v) is 4.35. The lowest BCUT2D eigenvalue weighted by Crippen LogP contribution is -2.36. The Balaban J connectivity index is 1.62. The lowest BCUT2D eigenvalue weighted by molar-refractivity contribution is 0.0257. The summed E-state index contributed by atoms with van der Waals surface area (Å²) in [6.45, 7) is -0.658. The standard InChI is InChI=1S/C24H22F2N4O2S/c1-2-22-28-21(14-33-22)29-23(32)27-19(13-31)18-9-8-17(16-6-4-3-5-7-16)12-20(18)30-11-10-24(25,26)15-30/h1,3-9,12,14,19,31H,10-11,13,15H2,(H2,27,29,32)/t19-/m0/s1. The smallest absolute Gasteiger partial charge is 0.320 e. The molecule has 170 valence electrons. The molecule has 0 unspecified atom stereocenters. The number of nitrogens with zero attached hydrogens (tertiary/aromatic N) is 2. The van der Waals surface area contributed by atoms with E-state index in [0.717, 1.165) is 11.1 Å². The summed E-state index contributed by atoms with van der Waals surface area (Å²) < 4.78 is 28.0. The van der Waals surface area contributed by atoms with Crippen LogP contribution in [0.5, 0.6) is 0 Å². The number of hydrogen-bond acceptors (Lipinski definition) is 5. The van der Waals surface area contributed by atoms with E-state index < -0.39 is 31.1 Å². The summed E-state index contributed by atoms with van der Waals surface area (Å²) in [5.41, 5.74) is 2.90. The third-order valence-electron chi connectivity index (χ3n) is 5.38. The first-order valence-electron chi connectivity index (χ1n) is 10.3. The Kier molecular flexibility index (Phi) is 6.58. The summed E-state index contributed by atoms with van der Waals surface area (Å²) in [7, 11) is 0. The maximum absolute atomic E-state index is 14.0. The molecule has 0 spiro atoms. The number of alkyl halides is 2. The van der Waals surface area contributed by atoms with Crippen LogP contribution in [0, 0.1) is 12.3 Å². The molecule has 1 saturated heterocycles. The van der Waals surface area contributed by atoms with E-state index in [2.05, 4.69) is 21.5 Å². The summed E-state index contributed by atoms with van der Waals surface area (Å²) in [5, 5.41) is 17.4. The fourth-order valence-electron chi connectivity index (χ4n) is 3.79. The number of aliphatic hydroxyl groups excluding tert-OH is 1. The molecule has 2 heterocycles. The molecule has 3 aromatic rings. The van der Waals surface area contributed by atoms with Crippen molar-refractivity contribution in [2.24, 2.45) is 0 Å². The highest BCUT2D eigenvalue weighted by Crippen LogP contribution is 2.37. The van der Waals surface area contributed by atoms with Gasteiger partial charge in [0, 0.05) is 29.6 Å².